The van der Waals surface area contributed by atoms with Gasteiger partial charge in [0.15, 0.2) is 6.10 Å². The van der Waals surface area contributed by atoms with E-state index in [1.165, 1.54) is 18.2 Å². The molecule has 6 heteroatoms. The van der Waals surface area contributed by atoms with E-state index in [-0.39, 0.29) is 5.75 Å². The second-order valence-electron chi connectivity index (χ2n) is 4.50. The van der Waals surface area contributed by atoms with Gasteiger partial charge < -0.3 is 9.84 Å². The number of carboxylic acid groups (broad SMARTS) is 1. The number of carboxylic acids is 1. The maximum Gasteiger partial charge on any atom is 0.335 e. The number of hydrogen-bond donors (Lipinski definition) is 1. The first kappa shape index (κ1) is 13.8. The molecule has 1 atom stereocenters. The molecule has 3 nitrogen and oxygen atoms in total. The predicted octanol–water partition coefficient (Wildman–Crippen LogP) is 3.53. The summed E-state index contributed by atoms with van der Waals surface area (Å²) in [6.07, 6.45) is -0.632. The van der Waals surface area contributed by atoms with E-state index < -0.39 is 23.6 Å². The van der Waals surface area contributed by atoms with Gasteiger partial charge in [-0.1, -0.05) is 11.6 Å². The number of ether oxygens (including phenoxy) is 1. The third kappa shape index (κ3) is 2.56. The third-order valence-electron chi connectivity index (χ3n) is 2.84. The fraction of sp³-hybridized carbons (Fsp3) is 0.308. The minimum absolute atomic E-state index is 0.207. The van der Waals surface area contributed by atoms with Gasteiger partial charge in [0.1, 0.15) is 5.75 Å². The zero-order valence-electron chi connectivity index (χ0n) is 10.2. The molecule has 19 heavy (non-hydrogen) atoms. The van der Waals surface area contributed by atoms with E-state index in [1.54, 1.807) is 6.92 Å². The van der Waals surface area contributed by atoms with Crippen molar-refractivity contribution < 1.29 is 23.4 Å². The summed E-state index contributed by atoms with van der Waals surface area (Å²) < 4.78 is 32.0. The van der Waals surface area contributed by atoms with E-state index >= 15 is 0 Å². The Morgan fingerprint density at radius 3 is 2.63 bits per heavy atom. The molecule has 1 aliphatic heterocycles. The fourth-order valence-corrected chi connectivity index (χ4v) is 2.04. The molecular weight excluding hydrogens is 278 g/mol. The third-order valence-corrected chi connectivity index (χ3v) is 3.24. The smallest absolute Gasteiger partial charge is 0.335 e. The van der Waals surface area contributed by atoms with Crippen molar-refractivity contribution in [2.75, 3.05) is 0 Å². The first-order chi connectivity index (χ1) is 8.70. The van der Waals surface area contributed by atoms with Gasteiger partial charge in [-0.3, -0.25) is 0 Å². The van der Waals surface area contributed by atoms with Crippen LogP contribution in [-0.2, 0) is 4.79 Å². The number of aryl methyl sites for hydroxylation is 1. The van der Waals surface area contributed by atoms with E-state index in [0.717, 1.165) is 0 Å². The molecule has 1 aliphatic rings. The molecule has 0 saturated heterocycles. The number of alkyl halides is 2. The first-order valence-electron chi connectivity index (χ1n) is 5.49. The molecule has 2 rings (SSSR count). The van der Waals surface area contributed by atoms with Gasteiger partial charge in [-0.25, -0.2) is 13.6 Å². The van der Waals surface area contributed by atoms with Crippen LogP contribution in [0.15, 0.2) is 17.7 Å². The molecule has 0 amide bonds. The molecule has 0 bridgehead atoms. The Labute approximate surface area is 113 Å². The van der Waals surface area contributed by atoms with Gasteiger partial charge in [-0.2, -0.15) is 0 Å². The van der Waals surface area contributed by atoms with Crippen LogP contribution in [0.4, 0.5) is 8.78 Å². The molecule has 0 saturated carbocycles. The maximum absolute atomic E-state index is 13.4. The van der Waals surface area contributed by atoms with E-state index in [0.29, 0.717) is 23.1 Å². The second-order valence-corrected chi connectivity index (χ2v) is 4.91. The molecule has 0 aliphatic carbocycles. The Kier molecular flexibility index (Phi) is 3.26. The average Bonchev–Trinajstić information content (AvgIpc) is 2.27. The lowest BCUT2D eigenvalue weighted by Gasteiger charge is -2.29. The van der Waals surface area contributed by atoms with Gasteiger partial charge in [-0.05, 0) is 30.7 Å². The first-order valence-corrected chi connectivity index (χ1v) is 5.87. The highest BCUT2D eigenvalue weighted by molar-refractivity contribution is 6.31. The van der Waals surface area contributed by atoms with Crippen molar-refractivity contribution in [2.24, 2.45) is 0 Å². The molecule has 1 aromatic rings. The fourth-order valence-electron chi connectivity index (χ4n) is 1.87. The number of halogens is 3. The molecule has 0 radical (unpaired) electrons. The predicted molar refractivity (Wildman–Crippen MR) is 66.8 cm³/mol. The van der Waals surface area contributed by atoms with Crippen molar-refractivity contribution in [3.8, 4) is 5.75 Å². The SMILES string of the molecule is Cc1cc2c(cc1Cl)C=C(C(=O)O)C(C(C)(F)F)O2. The molecule has 0 spiro atoms. The zero-order chi connectivity index (χ0) is 14.4. The number of aliphatic carboxylic acids is 1. The van der Waals surface area contributed by atoms with Gasteiger partial charge in [0.25, 0.3) is 5.92 Å². The number of benzene rings is 1. The molecule has 0 aromatic heterocycles. The van der Waals surface area contributed by atoms with Crippen LogP contribution in [0, 0.1) is 6.92 Å². The number of rotatable bonds is 2. The minimum Gasteiger partial charge on any atom is -0.478 e. The van der Waals surface area contributed by atoms with E-state index in [1.807, 2.05) is 0 Å². The molecule has 0 fully saturated rings. The van der Waals surface area contributed by atoms with Crippen molar-refractivity contribution in [1.29, 1.82) is 0 Å². The van der Waals surface area contributed by atoms with Crippen molar-refractivity contribution in [1.82, 2.24) is 0 Å². The van der Waals surface area contributed by atoms with Crippen LogP contribution in [0.3, 0.4) is 0 Å². The number of fused-ring (bicyclic) bond motifs is 1. The van der Waals surface area contributed by atoms with Gasteiger partial charge in [0.2, 0.25) is 0 Å². The summed E-state index contributed by atoms with van der Waals surface area (Å²) in [5.41, 5.74) is 0.569. The molecule has 1 N–H and O–H groups in total. The van der Waals surface area contributed by atoms with Gasteiger partial charge >= 0.3 is 5.97 Å². The van der Waals surface area contributed by atoms with Crippen LogP contribution < -0.4 is 4.74 Å². The van der Waals surface area contributed by atoms with Crippen LogP contribution >= 0.6 is 11.6 Å². The van der Waals surface area contributed by atoms with Crippen LogP contribution in [0.2, 0.25) is 5.02 Å². The number of carbonyl (C=O) groups is 1. The van der Waals surface area contributed by atoms with Crippen LogP contribution in [0.1, 0.15) is 18.1 Å². The monoisotopic (exact) mass is 288 g/mol. The highest BCUT2D eigenvalue weighted by Crippen LogP contribution is 2.38. The van der Waals surface area contributed by atoms with Gasteiger partial charge in [0, 0.05) is 17.5 Å². The van der Waals surface area contributed by atoms with E-state index in [2.05, 4.69) is 0 Å². The maximum atomic E-state index is 13.4. The van der Waals surface area contributed by atoms with Crippen LogP contribution in [-0.4, -0.2) is 23.1 Å². The van der Waals surface area contributed by atoms with Crippen molar-refractivity contribution in [2.45, 2.75) is 25.9 Å². The summed E-state index contributed by atoms with van der Waals surface area (Å²) >= 11 is 5.92. The quantitative estimate of drug-likeness (QED) is 0.905. The Morgan fingerprint density at radius 1 is 1.47 bits per heavy atom. The summed E-state index contributed by atoms with van der Waals surface area (Å²) in [7, 11) is 0. The van der Waals surface area contributed by atoms with Crippen molar-refractivity contribution in [3.63, 3.8) is 0 Å². The standard InChI is InChI=1S/C13H11ClF2O3/c1-6-3-10-7(5-9(6)14)4-8(12(17)18)11(19-10)13(2,15)16/h3-5,11H,1-2H3,(H,17,18). The van der Waals surface area contributed by atoms with E-state index in [9.17, 15) is 13.6 Å². The highest BCUT2D eigenvalue weighted by Gasteiger charge is 2.43. The lowest BCUT2D eigenvalue weighted by Crippen LogP contribution is -2.41. The van der Waals surface area contributed by atoms with Gasteiger partial charge in [-0.15, -0.1) is 0 Å². The van der Waals surface area contributed by atoms with Crippen LogP contribution in [0.5, 0.6) is 5.75 Å². The average molecular weight is 289 g/mol. The molecule has 102 valence electrons. The minimum atomic E-state index is -3.30. The normalized spacial score (nSPS) is 18.4. The Bertz CT molecular complexity index is 576. The summed E-state index contributed by atoms with van der Waals surface area (Å²) in [6, 6.07) is 3.02. The Morgan fingerprint density at radius 2 is 2.11 bits per heavy atom. The molecule has 1 heterocycles. The highest BCUT2D eigenvalue weighted by atomic mass is 35.5. The zero-order valence-corrected chi connectivity index (χ0v) is 11.0. The Hall–Kier alpha value is -1.62. The van der Waals surface area contributed by atoms with Crippen molar-refractivity contribution in [3.05, 3.63) is 33.9 Å². The summed E-state index contributed by atoms with van der Waals surface area (Å²) in [4.78, 5) is 11.1. The Balaban J connectivity index is 2.57. The molecule has 1 unspecified atom stereocenters. The summed E-state index contributed by atoms with van der Waals surface area (Å²) in [6.45, 7) is 2.34. The summed E-state index contributed by atoms with van der Waals surface area (Å²) in [5, 5.41) is 9.43. The molecule has 1 aromatic carbocycles. The lowest BCUT2D eigenvalue weighted by molar-refractivity contribution is -0.137. The van der Waals surface area contributed by atoms with Gasteiger partial charge in [0.05, 0.1) is 5.57 Å². The largest absolute Gasteiger partial charge is 0.478 e. The van der Waals surface area contributed by atoms with Crippen LogP contribution in [0.25, 0.3) is 6.08 Å². The lowest BCUT2D eigenvalue weighted by atomic mass is 9.97. The topological polar surface area (TPSA) is 46.5 Å². The summed E-state index contributed by atoms with van der Waals surface area (Å²) in [5.74, 6) is -4.53. The molecular formula is C13H11ClF2O3. The van der Waals surface area contributed by atoms with Crippen molar-refractivity contribution >= 4 is 23.6 Å². The van der Waals surface area contributed by atoms with E-state index in [4.69, 9.17) is 21.4 Å². The number of hydrogen-bond acceptors (Lipinski definition) is 2. The second kappa shape index (κ2) is 4.49.